The fourth-order valence-corrected chi connectivity index (χ4v) is 6.08. The van der Waals surface area contributed by atoms with Crippen LogP contribution in [0.25, 0.3) is 0 Å². The van der Waals surface area contributed by atoms with Gasteiger partial charge in [-0.15, -0.1) is 0 Å². The number of ether oxygens (including phenoxy) is 1. The number of carbonyl (C=O) groups is 2. The van der Waals surface area contributed by atoms with Gasteiger partial charge in [0.25, 0.3) is 0 Å². The van der Waals surface area contributed by atoms with E-state index in [0.29, 0.717) is 13.0 Å². The highest BCUT2D eigenvalue weighted by Crippen LogP contribution is 2.29. The number of nitrogens with zero attached hydrogens (tertiary/aromatic N) is 1. The fourth-order valence-electron chi connectivity index (χ4n) is 4.78. The van der Waals surface area contributed by atoms with Gasteiger partial charge in [-0.1, -0.05) is 32.9 Å². The third-order valence-electron chi connectivity index (χ3n) is 6.38. The van der Waals surface area contributed by atoms with E-state index in [4.69, 9.17) is 4.74 Å². The predicted octanol–water partition coefficient (Wildman–Crippen LogP) is 4.50. The standard InChI is InChI=1S/C30H42FN3O5S/c1-20-9-8-10-24(15-20)40(37,38)33-25(18-29(2,3)4)28(36)32-23(17-27(35)39-30(5,6)7)19-34-14-13-21-16-22(31)11-12-26(21)34/h8-12,15-16,23,25,33H,13-14,17-19H2,1-7H3,(H,32,36)/t23-,25?/m0/s1. The van der Waals surface area contributed by atoms with Gasteiger partial charge in [-0.2, -0.15) is 4.72 Å². The number of esters is 1. The molecule has 0 aromatic heterocycles. The van der Waals surface area contributed by atoms with E-state index >= 15 is 0 Å². The second-order valence-corrected chi connectivity index (χ2v) is 14.4. The molecule has 1 unspecified atom stereocenters. The van der Waals surface area contributed by atoms with Crippen LogP contribution in [0.5, 0.6) is 0 Å². The highest BCUT2D eigenvalue weighted by Gasteiger charge is 2.33. The van der Waals surface area contributed by atoms with E-state index in [0.717, 1.165) is 16.8 Å². The van der Waals surface area contributed by atoms with E-state index in [1.165, 1.54) is 18.2 Å². The molecule has 10 heteroatoms. The summed E-state index contributed by atoms with van der Waals surface area (Å²) in [5.41, 5.74) is 1.40. The average Bonchev–Trinajstić information content (AvgIpc) is 3.17. The van der Waals surface area contributed by atoms with Gasteiger partial charge in [0.05, 0.1) is 17.4 Å². The molecule has 2 aromatic rings. The maximum absolute atomic E-state index is 13.8. The van der Waals surface area contributed by atoms with Crippen molar-refractivity contribution in [3.05, 3.63) is 59.4 Å². The van der Waals surface area contributed by atoms with Crippen LogP contribution in [0, 0.1) is 18.2 Å². The van der Waals surface area contributed by atoms with Crippen LogP contribution in [-0.2, 0) is 30.8 Å². The molecule has 0 aliphatic carbocycles. The first-order valence-electron chi connectivity index (χ1n) is 13.6. The number of halogens is 1. The van der Waals surface area contributed by atoms with Crippen LogP contribution in [0.15, 0.2) is 47.4 Å². The van der Waals surface area contributed by atoms with Crippen molar-refractivity contribution in [3.63, 3.8) is 0 Å². The Morgan fingerprint density at radius 2 is 1.77 bits per heavy atom. The molecule has 220 valence electrons. The topological polar surface area (TPSA) is 105 Å². The van der Waals surface area contributed by atoms with Gasteiger partial charge in [-0.05, 0) is 87.4 Å². The van der Waals surface area contributed by atoms with E-state index < -0.39 is 39.6 Å². The Bertz CT molecular complexity index is 1330. The Kier molecular flexibility index (Phi) is 9.67. The molecule has 40 heavy (non-hydrogen) atoms. The number of hydrogen-bond donors (Lipinski definition) is 2. The zero-order chi connectivity index (χ0) is 29.9. The molecule has 8 nitrogen and oxygen atoms in total. The molecule has 0 spiro atoms. The van der Waals surface area contributed by atoms with Crippen molar-refractivity contribution in [1.29, 1.82) is 0 Å². The lowest BCUT2D eigenvalue weighted by atomic mass is 9.88. The Hall–Kier alpha value is -2.98. The highest BCUT2D eigenvalue weighted by atomic mass is 32.2. The summed E-state index contributed by atoms with van der Waals surface area (Å²) in [5.74, 6) is -1.33. The van der Waals surface area contributed by atoms with Crippen molar-refractivity contribution < 1.29 is 27.1 Å². The number of benzene rings is 2. The summed E-state index contributed by atoms with van der Waals surface area (Å²) >= 11 is 0. The largest absolute Gasteiger partial charge is 0.460 e. The number of fused-ring (bicyclic) bond motifs is 1. The first-order valence-corrected chi connectivity index (χ1v) is 15.0. The van der Waals surface area contributed by atoms with E-state index in [9.17, 15) is 22.4 Å². The van der Waals surface area contributed by atoms with E-state index in [-0.39, 0.29) is 35.5 Å². The highest BCUT2D eigenvalue weighted by molar-refractivity contribution is 7.89. The van der Waals surface area contributed by atoms with Gasteiger partial charge in [0.2, 0.25) is 15.9 Å². The number of amides is 1. The average molecular weight is 576 g/mol. The number of aryl methyl sites for hydroxylation is 1. The van der Waals surface area contributed by atoms with Crippen LogP contribution in [0.2, 0.25) is 0 Å². The number of sulfonamides is 1. The van der Waals surface area contributed by atoms with Crippen LogP contribution in [-0.4, -0.2) is 51.1 Å². The fraction of sp³-hybridized carbons (Fsp3) is 0.533. The molecule has 0 bridgehead atoms. The molecule has 2 aromatic carbocycles. The normalized spacial score (nSPS) is 15.3. The Balaban J connectivity index is 1.85. The SMILES string of the molecule is Cc1cccc(S(=O)(=O)NC(CC(C)(C)C)C(=O)N[C@@H](CC(=O)OC(C)(C)C)CN2CCc3cc(F)ccc32)c1. The van der Waals surface area contributed by atoms with E-state index in [1.54, 1.807) is 52.0 Å². The number of anilines is 1. The first-order chi connectivity index (χ1) is 18.4. The van der Waals surface area contributed by atoms with Crippen molar-refractivity contribution in [2.45, 2.75) is 90.3 Å². The van der Waals surface area contributed by atoms with Gasteiger partial charge in [-0.3, -0.25) is 9.59 Å². The second-order valence-electron chi connectivity index (χ2n) is 12.7. The Morgan fingerprint density at radius 3 is 2.40 bits per heavy atom. The van der Waals surface area contributed by atoms with Gasteiger partial charge < -0.3 is 15.0 Å². The lowest BCUT2D eigenvalue weighted by Crippen LogP contribution is -2.53. The molecule has 1 aliphatic rings. The smallest absolute Gasteiger partial charge is 0.308 e. The van der Waals surface area contributed by atoms with Crippen molar-refractivity contribution in [2.75, 3.05) is 18.0 Å². The maximum Gasteiger partial charge on any atom is 0.308 e. The molecule has 3 rings (SSSR count). The Morgan fingerprint density at radius 1 is 1.07 bits per heavy atom. The first kappa shape index (κ1) is 31.5. The Labute approximate surface area is 237 Å². The molecule has 2 N–H and O–H groups in total. The molecule has 2 atom stereocenters. The molecule has 1 heterocycles. The summed E-state index contributed by atoms with van der Waals surface area (Å²) in [6.07, 6.45) is 0.765. The lowest BCUT2D eigenvalue weighted by molar-refractivity contribution is -0.155. The summed E-state index contributed by atoms with van der Waals surface area (Å²) in [4.78, 5) is 28.6. The van der Waals surface area contributed by atoms with Crippen LogP contribution in [0.3, 0.4) is 0 Å². The number of rotatable bonds is 10. The minimum atomic E-state index is -4.00. The van der Waals surface area contributed by atoms with Gasteiger partial charge in [0.15, 0.2) is 0 Å². The van der Waals surface area contributed by atoms with E-state index in [2.05, 4.69) is 10.0 Å². The summed E-state index contributed by atoms with van der Waals surface area (Å²) in [6, 6.07) is 9.31. The molecular weight excluding hydrogens is 533 g/mol. The number of carbonyl (C=O) groups excluding carboxylic acids is 2. The number of hydrogen-bond acceptors (Lipinski definition) is 6. The van der Waals surface area contributed by atoms with Gasteiger partial charge in [0.1, 0.15) is 17.5 Å². The van der Waals surface area contributed by atoms with E-state index in [1.807, 2.05) is 25.7 Å². The summed E-state index contributed by atoms with van der Waals surface area (Å²) in [7, 11) is -4.00. The number of nitrogens with one attached hydrogen (secondary N) is 2. The van der Waals surface area contributed by atoms with Crippen molar-refractivity contribution in [3.8, 4) is 0 Å². The monoisotopic (exact) mass is 575 g/mol. The third-order valence-corrected chi connectivity index (χ3v) is 7.85. The lowest BCUT2D eigenvalue weighted by Gasteiger charge is -2.31. The molecule has 1 amide bonds. The second kappa shape index (κ2) is 12.3. The van der Waals surface area contributed by atoms with Crippen LogP contribution >= 0.6 is 0 Å². The van der Waals surface area contributed by atoms with Crippen LogP contribution in [0.1, 0.15) is 65.5 Å². The minimum Gasteiger partial charge on any atom is -0.460 e. The minimum absolute atomic E-state index is 0.0745. The van der Waals surface area contributed by atoms with Gasteiger partial charge >= 0.3 is 5.97 Å². The molecule has 1 aliphatic heterocycles. The predicted molar refractivity (Wildman–Crippen MR) is 154 cm³/mol. The quantitative estimate of drug-likeness (QED) is 0.405. The summed E-state index contributed by atoms with van der Waals surface area (Å²) < 4.78 is 48.4. The van der Waals surface area contributed by atoms with Crippen molar-refractivity contribution >= 4 is 27.6 Å². The van der Waals surface area contributed by atoms with Crippen molar-refractivity contribution in [2.24, 2.45) is 5.41 Å². The molecule has 0 saturated carbocycles. The molecule has 0 radical (unpaired) electrons. The van der Waals surface area contributed by atoms with Crippen molar-refractivity contribution in [1.82, 2.24) is 10.0 Å². The van der Waals surface area contributed by atoms with Gasteiger partial charge in [0, 0.05) is 18.8 Å². The third kappa shape index (κ3) is 9.30. The van der Waals surface area contributed by atoms with Gasteiger partial charge in [-0.25, -0.2) is 12.8 Å². The molecule has 0 saturated heterocycles. The summed E-state index contributed by atoms with van der Waals surface area (Å²) in [5, 5.41) is 2.93. The molecular formula is C30H42FN3O5S. The zero-order valence-electron chi connectivity index (χ0n) is 24.5. The zero-order valence-corrected chi connectivity index (χ0v) is 25.3. The molecule has 0 fully saturated rings. The summed E-state index contributed by atoms with van der Waals surface area (Å²) in [6.45, 7) is 13.7. The van der Waals surface area contributed by atoms with Crippen LogP contribution in [0.4, 0.5) is 10.1 Å². The maximum atomic E-state index is 13.8. The van der Waals surface area contributed by atoms with Crippen LogP contribution < -0.4 is 14.9 Å².